The van der Waals surface area contributed by atoms with Crippen molar-refractivity contribution in [3.05, 3.63) is 0 Å². The predicted octanol–water partition coefficient (Wildman–Crippen LogP) is 0.665. The molecule has 0 saturated carbocycles. The van der Waals surface area contributed by atoms with Crippen LogP contribution in [-0.2, 0) is 4.79 Å². The number of carbonyl (C=O) groups excluding carboxylic acids is 1. The summed E-state index contributed by atoms with van der Waals surface area (Å²) >= 11 is 1.82. The Kier molecular flexibility index (Phi) is 7.20. The molecule has 11 heavy (non-hydrogen) atoms. The van der Waals surface area contributed by atoms with Gasteiger partial charge in [-0.15, -0.1) is 0 Å². The predicted molar refractivity (Wildman–Crippen MR) is 54.8 cm³/mol. The molecular weight excluding hydrogens is 255 g/mol. The first kappa shape index (κ1) is 11.3. The van der Waals surface area contributed by atoms with Crippen LogP contribution in [0.5, 0.6) is 0 Å². The first-order valence-corrected chi connectivity index (χ1v) is 4.84. The smallest absolute Gasteiger partial charge is 0.193 e. The second-order valence-corrected chi connectivity index (χ2v) is 3.68. The highest BCUT2D eigenvalue weighted by atomic mass is 127. The fourth-order valence-corrected chi connectivity index (χ4v) is 1.44. The molecule has 0 amide bonds. The van der Waals surface area contributed by atoms with Crippen LogP contribution in [0.2, 0.25) is 0 Å². The second-order valence-electron chi connectivity index (χ2n) is 2.48. The normalized spacial score (nSPS) is 13.0. The van der Waals surface area contributed by atoms with Crippen LogP contribution in [0.1, 0.15) is 19.3 Å². The van der Waals surface area contributed by atoms with E-state index in [1.807, 2.05) is 29.6 Å². The first-order valence-electron chi connectivity index (χ1n) is 3.76. The van der Waals surface area contributed by atoms with Crippen molar-refractivity contribution in [1.82, 2.24) is 5.32 Å². The third kappa shape index (κ3) is 6.71. The van der Waals surface area contributed by atoms with Gasteiger partial charge in [0.1, 0.15) is 0 Å². The van der Waals surface area contributed by atoms with Crippen molar-refractivity contribution in [2.45, 2.75) is 25.3 Å². The number of hydrogen-bond acceptors (Lipinski definition) is 3. The zero-order valence-corrected chi connectivity index (χ0v) is 8.93. The van der Waals surface area contributed by atoms with E-state index in [0.717, 1.165) is 12.8 Å². The Morgan fingerprint density at radius 3 is 2.73 bits per heavy atom. The van der Waals surface area contributed by atoms with Gasteiger partial charge < -0.3 is 11.1 Å². The second kappa shape index (κ2) is 7.00. The van der Waals surface area contributed by atoms with Gasteiger partial charge in [-0.2, -0.15) is 0 Å². The fourth-order valence-electron chi connectivity index (χ4n) is 0.906. The zero-order chi connectivity index (χ0) is 8.69. The quantitative estimate of drug-likeness (QED) is 0.551. The molecule has 0 saturated heterocycles. The maximum Gasteiger partial charge on any atom is 0.193 e. The molecule has 0 aromatic rings. The van der Waals surface area contributed by atoms with Crippen LogP contribution in [0.25, 0.3) is 0 Å². The molecule has 0 aromatic carbocycles. The van der Waals surface area contributed by atoms with Crippen molar-refractivity contribution in [2.75, 3.05) is 13.6 Å². The van der Waals surface area contributed by atoms with E-state index >= 15 is 0 Å². The highest BCUT2D eigenvalue weighted by molar-refractivity contribution is 14.1. The lowest BCUT2D eigenvalue weighted by molar-refractivity contribution is -0.109. The lowest BCUT2D eigenvalue weighted by Gasteiger charge is -2.12. The van der Waals surface area contributed by atoms with E-state index in [1.54, 1.807) is 0 Å². The van der Waals surface area contributed by atoms with E-state index in [9.17, 15) is 4.79 Å². The van der Waals surface area contributed by atoms with Gasteiger partial charge in [0, 0.05) is 12.5 Å². The summed E-state index contributed by atoms with van der Waals surface area (Å²) in [6, 6.07) is 0.308. The van der Waals surface area contributed by atoms with Gasteiger partial charge in [-0.3, -0.25) is 4.79 Å². The Morgan fingerprint density at radius 2 is 2.36 bits per heavy atom. The first-order chi connectivity index (χ1) is 5.20. The molecule has 0 heterocycles. The van der Waals surface area contributed by atoms with Gasteiger partial charge in [0.05, 0.1) is 0 Å². The molecule has 0 aliphatic carbocycles. The van der Waals surface area contributed by atoms with Crippen LogP contribution in [0.15, 0.2) is 0 Å². The Labute approximate surface area is 81.2 Å². The molecule has 0 fully saturated rings. The molecule has 1 unspecified atom stereocenters. The van der Waals surface area contributed by atoms with Crippen LogP contribution in [-0.4, -0.2) is 23.4 Å². The van der Waals surface area contributed by atoms with Crippen molar-refractivity contribution in [3.8, 4) is 0 Å². The summed E-state index contributed by atoms with van der Waals surface area (Å²) in [5.41, 5.74) is 5.35. The van der Waals surface area contributed by atoms with E-state index in [1.165, 1.54) is 0 Å². The van der Waals surface area contributed by atoms with E-state index in [-0.39, 0.29) is 3.79 Å². The molecule has 4 heteroatoms. The number of hydrogen-bond donors (Lipinski definition) is 2. The van der Waals surface area contributed by atoms with E-state index in [4.69, 9.17) is 5.73 Å². The molecule has 0 bridgehead atoms. The SMILES string of the molecule is CNC(CCCN)CC(=O)I. The molecule has 0 radical (unpaired) electrons. The van der Waals surface area contributed by atoms with Gasteiger partial charge in [-0.05, 0) is 49.0 Å². The van der Waals surface area contributed by atoms with Crippen LogP contribution in [0, 0.1) is 0 Å². The standard InChI is InChI=1S/C7H15IN2O/c1-10-6(3-2-4-9)5-7(8)11/h6,10H,2-5,9H2,1H3. The lowest BCUT2D eigenvalue weighted by Crippen LogP contribution is -2.27. The van der Waals surface area contributed by atoms with E-state index in [0.29, 0.717) is 19.0 Å². The molecule has 0 rings (SSSR count). The van der Waals surface area contributed by atoms with Crippen LogP contribution < -0.4 is 11.1 Å². The number of carbonyl (C=O) groups is 1. The largest absolute Gasteiger partial charge is 0.330 e. The minimum Gasteiger partial charge on any atom is -0.330 e. The van der Waals surface area contributed by atoms with Crippen LogP contribution in [0.4, 0.5) is 0 Å². The summed E-state index contributed by atoms with van der Waals surface area (Å²) in [4.78, 5) is 10.7. The molecule has 0 spiro atoms. The number of nitrogens with one attached hydrogen (secondary N) is 1. The van der Waals surface area contributed by atoms with Crippen LogP contribution >= 0.6 is 22.6 Å². The van der Waals surface area contributed by atoms with Gasteiger partial charge in [0.25, 0.3) is 0 Å². The highest BCUT2D eigenvalue weighted by Gasteiger charge is 2.08. The molecule has 3 N–H and O–H groups in total. The van der Waals surface area contributed by atoms with Gasteiger partial charge >= 0.3 is 0 Å². The van der Waals surface area contributed by atoms with Crippen molar-refractivity contribution in [3.63, 3.8) is 0 Å². The minimum absolute atomic E-state index is 0.207. The Hall–Kier alpha value is 0.320. The van der Waals surface area contributed by atoms with Gasteiger partial charge in [-0.25, -0.2) is 0 Å². The van der Waals surface area contributed by atoms with E-state index in [2.05, 4.69) is 5.32 Å². The molecule has 0 aliphatic rings. The lowest BCUT2D eigenvalue weighted by atomic mass is 10.1. The van der Waals surface area contributed by atoms with Crippen LogP contribution in [0.3, 0.4) is 0 Å². The van der Waals surface area contributed by atoms with Crippen molar-refractivity contribution in [2.24, 2.45) is 5.73 Å². The van der Waals surface area contributed by atoms with Gasteiger partial charge in [-0.1, -0.05) is 0 Å². The summed E-state index contributed by atoms with van der Waals surface area (Å²) in [5.74, 6) is 0. The monoisotopic (exact) mass is 270 g/mol. The molecule has 1 atom stereocenters. The summed E-state index contributed by atoms with van der Waals surface area (Å²) in [7, 11) is 1.88. The average molecular weight is 270 g/mol. The van der Waals surface area contributed by atoms with Crippen molar-refractivity contribution < 1.29 is 4.79 Å². The topological polar surface area (TPSA) is 55.1 Å². The maximum atomic E-state index is 10.7. The summed E-state index contributed by atoms with van der Waals surface area (Å²) < 4.78 is 0.207. The summed E-state index contributed by atoms with van der Waals surface area (Å²) in [6.45, 7) is 0.702. The van der Waals surface area contributed by atoms with Crippen molar-refractivity contribution >= 4 is 26.4 Å². The zero-order valence-electron chi connectivity index (χ0n) is 6.77. The maximum absolute atomic E-state index is 10.7. The Balaban J connectivity index is 3.49. The Morgan fingerprint density at radius 1 is 1.73 bits per heavy atom. The third-order valence-corrected chi connectivity index (χ3v) is 2.01. The van der Waals surface area contributed by atoms with Crippen molar-refractivity contribution in [1.29, 1.82) is 0 Å². The highest BCUT2D eigenvalue weighted by Crippen LogP contribution is 2.04. The van der Waals surface area contributed by atoms with Gasteiger partial charge in [0.2, 0.25) is 0 Å². The van der Waals surface area contributed by atoms with Gasteiger partial charge in [0.15, 0.2) is 3.79 Å². The fraction of sp³-hybridized carbons (Fsp3) is 0.857. The van der Waals surface area contributed by atoms with E-state index < -0.39 is 0 Å². The minimum atomic E-state index is 0.207. The average Bonchev–Trinajstić information content (AvgIpc) is 1.97. The number of nitrogens with two attached hydrogens (primary N) is 1. The number of rotatable bonds is 6. The molecule has 0 aromatic heterocycles. The molecular formula is C7H15IN2O. The number of halogens is 1. The molecule has 3 nitrogen and oxygen atoms in total. The summed E-state index contributed by atoms with van der Waals surface area (Å²) in [6.07, 6.45) is 2.58. The Bertz CT molecular complexity index is 119. The molecule has 0 aliphatic heterocycles. The molecule has 66 valence electrons. The third-order valence-electron chi connectivity index (χ3n) is 1.57. The summed E-state index contributed by atoms with van der Waals surface area (Å²) in [5, 5.41) is 3.09.